The van der Waals surface area contributed by atoms with Crippen LogP contribution in [0.25, 0.3) is 16.6 Å². The number of amides is 1. The van der Waals surface area contributed by atoms with Crippen LogP contribution < -0.4 is 10.5 Å². The van der Waals surface area contributed by atoms with Gasteiger partial charge in [0.05, 0.1) is 5.52 Å². The number of thioether (sulfide) groups is 1. The lowest BCUT2D eigenvalue weighted by Gasteiger charge is -2.08. The van der Waals surface area contributed by atoms with Gasteiger partial charge >= 0.3 is 0 Å². The SMILES string of the molecule is Cc1nc2c3ccccc3nc(SCc3cccc(OCC(N)=O)c3)n2n1. The summed E-state index contributed by atoms with van der Waals surface area (Å²) in [4.78, 5) is 20.2. The monoisotopic (exact) mass is 379 g/mol. The maximum absolute atomic E-state index is 10.9. The lowest BCUT2D eigenvalue weighted by Crippen LogP contribution is -2.20. The highest BCUT2D eigenvalue weighted by Gasteiger charge is 2.12. The molecule has 2 N–H and O–H groups in total. The molecule has 0 atom stereocenters. The zero-order valence-electron chi connectivity index (χ0n) is 14.6. The number of hydrogen-bond acceptors (Lipinski definition) is 6. The van der Waals surface area contributed by atoms with Crippen molar-refractivity contribution in [2.45, 2.75) is 17.8 Å². The van der Waals surface area contributed by atoms with Crippen LogP contribution in [0.1, 0.15) is 11.4 Å². The molecule has 1 amide bonds. The predicted octanol–water partition coefficient (Wildman–Crippen LogP) is 2.74. The molecule has 2 aromatic heterocycles. The third-order valence-electron chi connectivity index (χ3n) is 3.90. The number of rotatable bonds is 6. The molecule has 0 fully saturated rings. The van der Waals surface area contributed by atoms with E-state index in [0.29, 0.717) is 17.3 Å². The molecule has 0 unspecified atom stereocenters. The van der Waals surface area contributed by atoms with Crippen LogP contribution >= 0.6 is 11.8 Å². The van der Waals surface area contributed by atoms with Gasteiger partial charge in [0.25, 0.3) is 5.91 Å². The number of nitrogens with two attached hydrogens (primary N) is 1. The van der Waals surface area contributed by atoms with Crippen LogP contribution in [0.5, 0.6) is 5.75 Å². The van der Waals surface area contributed by atoms with Gasteiger partial charge in [0, 0.05) is 11.1 Å². The fourth-order valence-electron chi connectivity index (χ4n) is 2.75. The molecule has 0 spiro atoms. The Bertz CT molecular complexity index is 1140. The second-order valence-corrected chi connectivity index (χ2v) is 6.94. The van der Waals surface area contributed by atoms with Gasteiger partial charge < -0.3 is 10.5 Å². The Kier molecular flexibility index (Phi) is 4.64. The van der Waals surface area contributed by atoms with E-state index in [4.69, 9.17) is 15.5 Å². The number of carbonyl (C=O) groups is 1. The van der Waals surface area contributed by atoms with E-state index in [0.717, 1.165) is 27.3 Å². The van der Waals surface area contributed by atoms with Gasteiger partial charge in [0.2, 0.25) is 0 Å². The topological polar surface area (TPSA) is 95.4 Å². The Morgan fingerprint density at radius 1 is 1.19 bits per heavy atom. The molecule has 0 saturated carbocycles. The van der Waals surface area contributed by atoms with Gasteiger partial charge in [-0.05, 0) is 36.8 Å². The third kappa shape index (κ3) is 3.70. The molecule has 2 aromatic carbocycles. The Labute approximate surface area is 159 Å². The summed E-state index contributed by atoms with van der Waals surface area (Å²) in [5.41, 5.74) is 7.86. The first-order chi connectivity index (χ1) is 13.1. The molecule has 0 aliphatic carbocycles. The minimum atomic E-state index is -0.501. The molecule has 4 rings (SSSR count). The molecular formula is C19H17N5O2S. The zero-order chi connectivity index (χ0) is 18.8. The Hall–Kier alpha value is -3.13. The third-order valence-corrected chi connectivity index (χ3v) is 4.90. The van der Waals surface area contributed by atoms with Crippen LogP contribution in [0, 0.1) is 6.92 Å². The molecule has 0 radical (unpaired) electrons. The molecule has 0 bridgehead atoms. The number of hydrogen-bond donors (Lipinski definition) is 1. The molecule has 136 valence electrons. The number of primary amides is 1. The average Bonchev–Trinajstić information content (AvgIpc) is 3.07. The van der Waals surface area contributed by atoms with Gasteiger partial charge in [-0.25, -0.2) is 9.97 Å². The van der Waals surface area contributed by atoms with Crippen molar-refractivity contribution < 1.29 is 9.53 Å². The maximum atomic E-state index is 10.9. The van der Waals surface area contributed by atoms with Crippen LogP contribution in [0.2, 0.25) is 0 Å². The quantitative estimate of drug-likeness (QED) is 0.409. The minimum Gasteiger partial charge on any atom is -0.484 e. The molecule has 2 heterocycles. The standard InChI is InChI=1S/C19H17N5O2S/c1-12-21-18-15-7-2-3-8-16(15)22-19(24(18)23-12)27-11-13-5-4-6-14(9-13)26-10-17(20)25/h2-9H,10-11H2,1H3,(H2,20,25). The Morgan fingerprint density at radius 2 is 2.04 bits per heavy atom. The van der Waals surface area contributed by atoms with Crippen molar-refractivity contribution in [3.63, 3.8) is 0 Å². The van der Waals surface area contributed by atoms with E-state index < -0.39 is 5.91 Å². The molecule has 0 aliphatic rings. The largest absolute Gasteiger partial charge is 0.484 e. The lowest BCUT2D eigenvalue weighted by molar-refractivity contribution is -0.119. The van der Waals surface area contributed by atoms with E-state index in [1.165, 1.54) is 0 Å². The average molecular weight is 379 g/mol. The maximum Gasteiger partial charge on any atom is 0.255 e. The van der Waals surface area contributed by atoms with Gasteiger partial charge in [-0.1, -0.05) is 36.0 Å². The predicted molar refractivity (Wildman–Crippen MR) is 104 cm³/mol. The first kappa shape index (κ1) is 17.3. The van der Waals surface area contributed by atoms with E-state index in [-0.39, 0.29) is 6.61 Å². The summed E-state index contributed by atoms with van der Waals surface area (Å²) in [5, 5.41) is 6.24. The highest BCUT2D eigenvalue weighted by molar-refractivity contribution is 7.98. The second kappa shape index (κ2) is 7.24. The molecule has 27 heavy (non-hydrogen) atoms. The van der Waals surface area contributed by atoms with Gasteiger partial charge in [0.1, 0.15) is 11.6 Å². The summed E-state index contributed by atoms with van der Waals surface area (Å²) in [6.45, 7) is 1.73. The van der Waals surface area contributed by atoms with Crippen molar-refractivity contribution in [3.8, 4) is 5.75 Å². The summed E-state index contributed by atoms with van der Waals surface area (Å²) in [6, 6.07) is 15.5. The van der Waals surface area contributed by atoms with Gasteiger partial charge in [-0.2, -0.15) is 4.52 Å². The van der Waals surface area contributed by atoms with Crippen molar-refractivity contribution in [2.24, 2.45) is 5.73 Å². The van der Waals surface area contributed by atoms with Crippen molar-refractivity contribution in [2.75, 3.05) is 6.61 Å². The van der Waals surface area contributed by atoms with Crippen molar-refractivity contribution >= 4 is 34.2 Å². The van der Waals surface area contributed by atoms with Crippen molar-refractivity contribution in [3.05, 3.63) is 59.9 Å². The molecule has 7 nitrogen and oxygen atoms in total. The first-order valence-corrected chi connectivity index (χ1v) is 9.34. The van der Waals surface area contributed by atoms with Crippen molar-refractivity contribution in [1.82, 2.24) is 19.6 Å². The van der Waals surface area contributed by atoms with E-state index in [1.54, 1.807) is 22.3 Å². The number of ether oxygens (including phenoxy) is 1. The summed E-state index contributed by atoms with van der Waals surface area (Å²) in [6.07, 6.45) is 0. The highest BCUT2D eigenvalue weighted by Crippen LogP contribution is 2.27. The highest BCUT2D eigenvalue weighted by atomic mass is 32.2. The van der Waals surface area contributed by atoms with Crippen LogP contribution in [-0.2, 0) is 10.5 Å². The first-order valence-electron chi connectivity index (χ1n) is 8.35. The number of benzene rings is 2. The van der Waals surface area contributed by atoms with E-state index in [2.05, 4.69) is 10.1 Å². The van der Waals surface area contributed by atoms with Crippen molar-refractivity contribution in [1.29, 1.82) is 0 Å². The van der Waals surface area contributed by atoms with E-state index >= 15 is 0 Å². The number of carbonyl (C=O) groups excluding carboxylic acids is 1. The molecule has 4 aromatic rings. The molecule has 8 heteroatoms. The lowest BCUT2D eigenvalue weighted by atomic mass is 10.2. The van der Waals surface area contributed by atoms with Gasteiger partial charge in [-0.3, -0.25) is 4.79 Å². The number of fused-ring (bicyclic) bond motifs is 3. The van der Waals surface area contributed by atoms with Crippen LogP contribution in [-0.4, -0.2) is 32.1 Å². The molecular weight excluding hydrogens is 362 g/mol. The summed E-state index contributed by atoms with van der Waals surface area (Å²) >= 11 is 1.57. The van der Waals surface area contributed by atoms with Crippen LogP contribution in [0.3, 0.4) is 0 Å². The van der Waals surface area contributed by atoms with Crippen LogP contribution in [0.15, 0.2) is 53.7 Å². The Balaban J connectivity index is 1.62. The number of aromatic nitrogens is 4. The fraction of sp³-hybridized carbons (Fsp3) is 0.158. The summed E-state index contributed by atoms with van der Waals surface area (Å²) in [7, 11) is 0. The zero-order valence-corrected chi connectivity index (χ0v) is 15.4. The second-order valence-electron chi connectivity index (χ2n) is 6.00. The fourth-order valence-corrected chi connectivity index (χ4v) is 3.64. The van der Waals surface area contributed by atoms with Gasteiger partial charge in [0.15, 0.2) is 17.4 Å². The Morgan fingerprint density at radius 3 is 2.89 bits per heavy atom. The number of para-hydroxylation sites is 1. The van der Waals surface area contributed by atoms with Crippen LogP contribution in [0.4, 0.5) is 0 Å². The molecule has 0 aliphatic heterocycles. The minimum absolute atomic E-state index is 0.137. The van der Waals surface area contributed by atoms with Gasteiger partial charge in [-0.15, -0.1) is 5.10 Å². The van der Waals surface area contributed by atoms with E-state index in [9.17, 15) is 4.79 Å². The summed E-state index contributed by atoms with van der Waals surface area (Å²) in [5.74, 6) is 1.49. The normalized spacial score (nSPS) is 11.1. The van der Waals surface area contributed by atoms with E-state index in [1.807, 2.05) is 49.4 Å². The summed E-state index contributed by atoms with van der Waals surface area (Å²) < 4.78 is 7.15. The molecule has 0 saturated heterocycles. The smallest absolute Gasteiger partial charge is 0.255 e. The number of nitrogens with zero attached hydrogens (tertiary/aromatic N) is 4. The number of aryl methyl sites for hydroxylation is 1.